The number of hydrogen-bond donors (Lipinski definition) is 2. The van der Waals surface area contributed by atoms with Crippen molar-refractivity contribution in [2.75, 3.05) is 11.9 Å². The van der Waals surface area contributed by atoms with E-state index in [2.05, 4.69) is 15.3 Å². The number of amides is 1. The van der Waals surface area contributed by atoms with E-state index in [0.29, 0.717) is 5.82 Å². The van der Waals surface area contributed by atoms with Crippen LogP contribution in [-0.2, 0) is 4.79 Å². The fourth-order valence-corrected chi connectivity index (χ4v) is 0.568. The molecule has 0 bridgehead atoms. The van der Waals surface area contributed by atoms with Crippen molar-refractivity contribution in [3.05, 3.63) is 18.6 Å². The number of nitrogens with zero attached hydrogens (tertiary/aromatic N) is 2. The number of nitrogens with two attached hydrogens (primary N) is 1. The number of aromatic nitrogens is 2. The van der Waals surface area contributed by atoms with E-state index in [1.165, 1.54) is 12.4 Å². The van der Waals surface area contributed by atoms with Crippen LogP contribution in [-0.4, -0.2) is 22.4 Å². The molecular formula is C6H8N4O. The first-order chi connectivity index (χ1) is 5.29. The predicted octanol–water partition coefficient (Wildman–Crippen LogP) is -0.626. The van der Waals surface area contributed by atoms with Crippen molar-refractivity contribution in [3.8, 4) is 0 Å². The van der Waals surface area contributed by atoms with E-state index in [1.807, 2.05) is 0 Å². The van der Waals surface area contributed by atoms with E-state index >= 15 is 0 Å². The van der Waals surface area contributed by atoms with E-state index in [-0.39, 0.29) is 6.54 Å². The Morgan fingerprint density at radius 3 is 3.00 bits per heavy atom. The van der Waals surface area contributed by atoms with Crippen LogP contribution < -0.4 is 11.1 Å². The van der Waals surface area contributed by atoms with Gasteiger partial charge in [-0.25, -0.2) is 4.98 Å². The summed E-state index contributed by atoms with van der Waals surface area (Å²) in [6.07, 6.45) is 4.60. The molecule has 1 rings (SSSR count). The molecule has 0 fully saturated rings. The molecule has 0 saturated heterocycles. The molecule has 3 N–H and O–H groups in total. The molecule has 0 aliphatic carbocycles. The van der Waals surface area contributed by atoms with Crippen LogP contribution in [0, 0.1) is 0 Å². The minimum atomic E-state index is -0.421. The van der Waals surface area contributed by atoms with Gasteiger partial charge >= 0.3 is 0 Å². The van der Waals surface area contributed by atoms with Crippen molar-refractivity contribution >= 4 is 11.7 Å². The third-order valence-corrected chi connectivity index (χ3v) is 1.01. The number of rotatable bonds is 3. The maximum Gasteiger partial charge on any atom is 0.236 e. The quantitative estimate of drug-likeness (QED) is 0.604. The number of primary amides is 1. The van der Waals surface area contributed by atoms with Gasteiger partial charge in [0.1, 0.15) is 5.82 Å². The van der Waals surface area contributed by atoms with Gasteiger partial charge in [-0.2, -0.15) is 0 Å². The number of hydrogen-bond acceptors (Lipinski definition) is 4. The lowest BCUT2D eigenvalue weighted by molar-refractivity contribution is -0.116. The first kappa shape index (κ1) is 7.46. The van der Waals surface area contributed by atoms with Gasteiger partial charge in [0.15, 0.2) is 0 Å². The molecule has 1 amide bonds. The molecule has 5 heteroatoms. The van der Waals surface area contributed by atoms with Gasteiger partial charge in [-0.1, -0.05) is 0 Å². The van der Waals surface area contributed by atoms with Crippen molar-refractivity contribution in [1.29, 1.82) is 0 Å². The Labute approximate surface area is 63.7 Å². The Morgan fingerprint density at radius 1 is 1.64 bits per heavy atom. The van der Waals surface area contributed by atoms with Gasteiger partial charge in [0.05, 0.1) is 12.7 Å². The summed E-state index contributed by atoms with van der Waals surface area (Å²) >= 11 is 0. The molecule has 5 nitrogen and oxygen atoms in total. The van der Waals surface area contributed by atoms with E-state index in [1.54, 1.807) is 6.20 Å². The van der Waals surface area contributed by atoms with Crippen molar-refractivity contribution in [2.45, 2.75) is 0 Å². The summed E-state index contributed by atoms with van der Waals surface area (Å²) in [7, 11) is 0. The maximum absolute atomic E-state index is 10.3. The van der Waals surface area contributed by atoms with Crippen LogP contribution >= 0.6 is 0 Å². The van der Waals surface area contributed by atoms with Gasteiger partial charge in [0.2, 0.25) is 5.91 Å². The topological polar surface area (TPSA) is 80.9 Å². The third-order valence-electron chi connectivity index (χ3n) is 1.01. The van der Waals surface area contributed by atoms with Crippen LogP contribution in [0.4, 0.5) is 5.82 Å². The molecule has 0 aliphatic rings. The van der Waals surface area contributed by atoms with Gasteiger partial charge in [-0.05, 0) is 0 Å². The Kier molecular flexibility index (Phi) is 2.37. The van der Waals surface area contributed by atoms with Crippen molar-refractivity contribution in [2.24, 2.45) is 5.73 Å². The summed E-state index contributed by atoms with van der Waals surface area (Å²) < 4.78 is 0. The average Bonchev–Trinajstić information content (AvgIpc) is 2.03. The molecule has 0 saturated carbocycles. The number of nitrogens with one attached hydrogen (secondary N) is 1. The van der Waals surface area contributed by atoms with Gasteiger partial charge in [-0.15, -0.1) is 0 Å². The zero-order valence-electron chi connectivity index (χ0n) is 5.82. The summed E-state index contributed by atoms with van der Waals surface area (Å²) in [5, 5.41) is 2.70. The van der Waals surface area contributed by atoms with Crippen molar-refractivity contribution in [3.63, 3.8) is 0 Å². The molecule has 58 valence electrons. The summed E-state index contributed by atoms with van der Waals surface area (Å²) in [5.41, 5.74) is 4.89. The molecule has 0 aromatic carbocycles. The Bertz CT molecular complexity index is 236. The fraction of sp³-hybridized carbons (Fsp3) is 0.167. The van der Waals surface area contributed by atoms with Crippen LogP contribution in [0.1, 0.15) is 0 Å². The van der Waals surface area contributed by atoms with E-state index in [4.69, 9.17) is 5.73 Å². The largest absolute Gasteiger partial charge is 0.368 e. The zero-order valence-corrected chi connectivity index (χ0v) is 5.82. The van der Waals surface area contributed by atoms with E-state index < -0.39 is 5.91 Å². The third kappa shape index (κ3) is 2.61. The second-order valence-electron chi connectivity index (χ2n) is 1.91. The SMILES string of the molecule is NC(=O)CNc1cnccn1. The summed E-state index contributed by atoms with van der Waals surface area (Å²) in [5.74, 6) is 0.127. The molecular weight excluding hydrogens is 144 g/mol. The van der Waals surface area contributed by atoms with E-state index in [0.717, 1.165) is 0 Å². The number of carbonyl (C=O) groups excluding carboxylic acids is 1. The highest BCUT2D eigenvalue weighted by molar-refractivity contribution is 5.78. The molecule has 0 radical (unpaired) electrons. The number of carbonyl (C=O) groups is 1. The normalized spacial score (nSPS) is 9.09. The summed E-state index contributed by atoms with van der Waals surface area (Å²) in [6.45, 7) is 0.0820. The molecule has 1 heterocycles. The minimum Gasteiger partial charge on any atom is -0.368 e. The molecule has 11 heavy (non-hydrogen) atoms. The first-order valence-electron chi connectivity index (χ1n) is 3.07. The standard InChI is InChI=1S/C6H8N4O/c7-5(11)3-10-6-4-8-1-2-9-6/h1-2,4H,3H2,(H2,7,11)(H,9,10). The lowest BCUT2D eigenvalue weighted by Gasteiger charge is -1.99. The highest BCUT2D eigenvalue weighted by atomic mass is 16.1. The predicted molar refractivity (Wildman–Crippen MR) is 39.7 cm³/mol. The second-order valence-corrected chi connectivity index (χ2v) is 1.91. The minimum absolute atomic E-state index is 0.0820. The van der Waals surface area contributed by atoms with E-state index in [9.17, 15) is 4.79 Å². The smallest absolute Gasteiger partial charge is 0.236 e. The molecule has 0 spiro atoms. The summed E-state index contributed by atoms with van der Waals surface area (Å²) in [6, 6.07) is 0. The lowest BCUT2D eigenvalue weighted by Crippen LogP contribution is -2.22. The highest BCUT2D eigenvalue weighted by Gasteiger charge is 1.93. The molecule has 0 unspecified atom stereocenters. The van der Waals surface area contributed by atoms with Crippen LogP contribution in [0.25, 0.3) is 0 Å². The Balaban J connectivity index is 2.45. The molecule has 1 aromatic heterocycles. The number of anilines is 1. The van der Waals surface area contributed by atoms with Crippen LogP contribution in [0.3, 0.4) is 0 Å². The lowest BCUT2D eigenvalue weighted by atomic mass is 10.6. The summed E-state index contributed by atoms with van der Waals surface area (Å²) in [4.78, 5) is 17.9. The highest BCUT2D eigenvalue weighted by Crippen LogP contribution is 1.94. The van der Waals surface area contributed by atoms with Gasteiger partial charge < -0.3 is 11.1 Å². The second kappa shape index (κ2) is 3.50. The zero-order chi connectivity index (χ0) is 8.10. The average molecular weight is 152 g/mol. The molecule has 0 atom stereocenters. The van der Waals surface area contributed by atoms with Crippen LogP contribution in [0.15, 0.2) is 18.6 Å². The molecule has 0 aliphatic heterocycles. The molecule has 1 aromatic rings. The van der Waals surface area contributed by atoms with Gasteiger partial charge in [-0.3, -0.25) is 9.78 Å². The monoisotopic (exact) mass is 152 g/mol. The Morgan fingerprint density at radius 2 is 2.45 bits per heavy atom. The van der Waals surface area contributed by atoms with Gasteiger partial charge in [0.25, 0.3) is 0 Å². The van der Waals surface area contributed by atoms with Crippen molar-refractivity contribution in [1.82, 2.24) is 9.97 Å². The van der Waals surface area contributed by atoms with Gasteiger partial charge in [0, 0.05) is 12.4 Å². The Hall–Kier alpha value is -1.65. The van der Waals surface area contributed by atoms with Crippen molar-refractivity contribution < 1.29 is 4.79 Å². The maximum atomic E-state index is 10.3. The van der Waals surface area contributed by atoms with Crippen LogP contribution in [0.5, 0.6) is 0 Å². The van der Waals surface area contributed by atoms with Crippen LogP contribution in [0.2, 0.25) is 0 Å². The fourth-order valence-electron chi connectivity index (χ4n) is 0.568. The first-order valence-corrected chi connectivity index (χ1v) is 3.07.